The number of rotatable bonds is 28. The largest absolute Gasteiger partial charge is 0.478 e. The molecule has 0 saturated carbocycles. The van der Waals surface area contributed by atoms with E-state index in [1.807, 2.05) is 23.6 Å². The molecule has 764 valence electrons. The van der Waals surface area contributed by atoms with Crippen LogP contribution in [0.5, 0.6) is 0 Å². The maximum atomic E-state index is 13.3. The molecule has 8 heterocycles. The molecule has 22 atom stereocenters. The first-order valence-electron chi connectivity index (χ1n) is 42.4. The summed E-state index contributed by atoms with van der Waals surface area (Å²) in [4.78, 5) is 135. The predicted molar refractivity (Wildman–Crippen MR) is 523 cm³/mol. The zero-order chi connectivity index (χ0) is 104. The van der Waals surface area contributed by atoms with Crippen molar-refractivity contribution in [3.8, 4) is 0 Å². The predicted octanol–water partition coefficient (Wildman–Crippen LogP) is 15.9. The second kappa shape index (κ2) is 52.6. The van der Waals surface area contributed by atoms with Gasteiger partial charge in [0, 0.05) is 149 Å². The SMILES string of the molecule is Brc1cccs1.CC[C@H]1OC(OC)(c2ccc(Cl)c(C(=O)O)c2)[C@H](OC(C)=O)[C@@H](OC(C)=O)[C@@H]1OC(C)=O.CC[C@H]1OC(OC)(c2ccc(Cl)c(C(=O)c3ccc(Br)s3)c2)[C@H](OC(C)=O)[C@@H](OC(C)=O)[C@@H]1OC(C)=O.CC[C@H]1OC(OC)(c2ccc(Cl)c(C(O)c3ccc(Br)s3)c2)[C@H](OC(C)=O)[C@@H](OC(C)=O)[C@@H]1OC(C)=O.COC1(c2ccc(Cl)c(C(O)c3ccc(Br)s3)c2)O[C@H](CO)[C@@H](O)[C@H](O)[C@H]1O. The fraction of sp³-hybridized carbons (Fsp3) is 0.452. The Labute approximate surface area is 874 Å². The van der Waals surface area contributed by atoms with Gasteiger partial charge in [-0.3, -0.25) is 47.9 Å². The summed E-state index contributed by atoms with van der Waals surface area (Å²) < 4.78 is 101. The van der Waals surface area contributed by atoms with Crippen LogP contribution in [0.1, 0.15) is 183 Å². The number of hydrogen-bond donors (Lipinski definition) is 7. The van der Waals surface area contributed by atoms with E-state index in [4.69, 9.17) is 127 Å². The molecule has 47 heteroatoms. The van der Waals surface area contributed by atoms with Crippen molar-refractivity contribution in [3.63, 3.8) is 0 Å². The van der Waals surface area contributed by atoms with Gasteiger partial charge in [-0.2, -0.15) is 0 Å². The fourth-order valence-electron chi connectivity index (χ4n) is 15.8. The lowest BCUT2D eigenvalue weighted by Gasteiger charge is -2.50. The van der Waals surface area contributed by atoms with Gasteiger partial charge in [-0.1, -0.05) is 97.5 Å². The first kappa shape index (κ1) is 118. The molecular weight excluding hydrogens is 2270 g/mol. The van der Waals surface area contributed by atoms with Crippen molar-refractivity contribution in [2.45, 2.75) is 235 Å². The van der Waals surface area contributed by atoms with Crippen LogP contribution in [-0.2, 0) is 147 Å². The molecule has 0 amide bonds. The van der Waals surface area contributed by atoms with Crippen LogP contribution in [0.4, 0.5) is 0 Å². The van der Waals surface area contributed by atoms with E-state index >= 15 is 0 Å². The summed E-state index contributed by atoms with van der Waals surface area (Å²) in [6.45, 7) is 15.3. The number of carbonyl (C=O) groups excluding carboxylic acids is 10. The second-order valence-corrected chi connectivity index (χ2v) is 42.5. The Morgan fingerprint density at radius 2 is 0.686 bits per heavy atom. The highest BCUT2D eigenvalue weighted by Crippen LogP contribution is 2.51. The Morgan fingerprint density at radius 1 is 0.379 bits per heavy atom. The van der Waals surface area contributed by atoms with E-state index in [-0.39, 0.29) is 60.1 Å². The van der Waals surface area contributed by atoms with E-state index in [1.165, 1.54) is 163 Å². The number of esters is 9. The smallest absolute Gasteiger partial charge is 0.337 e. The zero-order valence-corrected chi connectivity index (χ0v) is 90.2. The van der Waals surface area contributed by atoms with Gasteiger partial charge in [0.15, 0.2) is 36.6 Å². The van der Waals surface area contributed by atoms with Crippen molar-refractivity contribution in [2.75, 3.05) is 35.0 Å². The lowest BCUT2D eigenvalue weighted by molar-refractivity contribution is -0.366. The Hall–Kier alpha value is -7.43. The van der Waals surface area contributed by atoms with Gasteiger partial charge in [0.25, 0.3) is 0 Å². The molecule has 7 N–H and O–H groups in total. The lowest BCUT2D eigenvalue weighted by Crippen LogP contribution is -2.66. The molecule has 35 nitrogen and oxygen atoms in total. The number of methoxy groups -OCH3 is 4. The minimum atomic E-state index is -1.90. The molecule has 0 radical (unpaired) electrons. The molecule has 4 fully saturated rings. The quantitative estimate of drug-likeness (QED) is 0.0136. The van der Waals surface area contributed by atoms with Gasteiger partial charge in [0.2, 0.25) is 47.2 Å². The Morgan fingerprint density at radius 3 is 0.964 bits per heavy atom. The maximum absolute atomic E-state index is 13.3. The summed E-state index contributed by atoms with van der Waals surface area (Å²) in [7, 11) is 5.20. The molecule has 0 bridgehead atoms. The van der Waals surface area contributed by atoms with Crippen LogP contribution < -0.4 is 0 Å². The van der Waals surface area contributed by atoms with Crippen LogP contribution in [0.25, 0.3) is 0 Å². The molecule has 6 unspecified atom stereocenters. The van der Waals surface area contributed by atoms with Crippen LogP contribution in [-0.4, -0.2) is 234 Å². The summed E-state index contributed by atoms with van der Waals surface area (Å²) in [5, 5.41) is 74.4. The summed E-state index contributed by atoms with van der Waals surface area (Å²) in [6, 6.07) is 32.4. The number of benzene rings is 4. The average Bonchev–Trinajstić information content (AvgIpc) is 0.882. The first-order valence-corrected chi connectivity index (χ1v) is 50.4. The number of carboxylic acid groups (broad SMARTS) is 1. The molecule has 4 aliphatic heterocycles. The lowest BCUT2D eigenvalue weighted by atomic mass is 9.85. The first-order chi connectivity index (χ1) is 66.0. The number of halogens is 8. The van der Waals surface area contributed by atoms with E-state index in [9.17, 15) is 88.5 Å². The third-order valence-electron chi connectivity index (χ3n) is 21.7. The Balaban J connectivity index is 0.000000225. The number of ether oxygens (including phenoxy) is 17. The van der Waals surface area contributed by atoms with Crippen LogP contribution in [0.3, 0.4) is 0 Å². The third kappa shape index (κ3) is 28.2. The highest BCUT2D eigenvalue weighted by atomic mass is 79.9. The highest BCUT2D eigenvalue weighted by Gasteiger charge is 2.65. The highest BCUT2D eigenvalue weighted by molar-refractivity contribution is 9.11. The van der Waals surface area contributed by atoms with E-state index in [1.54, 1.807) is 86.7 Å². The number of aliphatic hydroxyl groups excluding tert-OH is 6. The molecular formula is C93H102Br4Cl4O35S4. The van der Waals surface area contributed by atoms with Gasteiger partial charge in [0.05, 0.1) is 42.2 Å². The van der Waals surface area contributed by atoms with Gasteiger partial charge in [-0.25, -0.2) is 4.79 Å². The number of carbonyl (C=O) groups is 11. The normalized spacial score (nSPS) is 26.6. The summed E-state index contributed by atoms with van der Waals surface area (Å²) in [5.74, 6) is -15.3. The van der Waals surface area contributed by atoms with Crippen molar-refractivity contribution < 1.29 is 169 Å². The third-order valence-corrected chi connectivity index (χ3v) is 29.5. The van der Waals surface area contributed by atoms with Crippen molar-refractivity contribution in [2.24, 2.45) is 0 Å². The van der Waals surface area contributed by atoms with Gasteiger partial charge >= 0.3 is 59.7 Å². The topological polar surface area (TPSA) is 486 Å². The number of aromatic carboxylic acids is 1. The van der Waals surface area contributed by atoms with Crippen LogP contribution in [0.2, 0.25) is 20.1 Å². The molecule has 4 aliphatic rings. The average molecular weight is 2370 g/mol. The van der Waals surface area contributed by atoms with Crippen molar-refractivity contribution in [1.82, 2.24) is 0 Å². The molecule has 12 rings (SSSR count). The standard InChI is InChI=1S/C25H28BrClO9S.C25H26BrClO9S.C21H25ClO10.C18H20BrClO7S.C4H3BrS/c2*1-6-18-22(33-12(2)28)23(34-13(3)29)24(35-14(4)30)25(32-5,36-18)15-7-8-17(27)16(11-15)21(31)19-9-10-20(26)37-19;1-6-16-17(29-10(2)23)18(30-11(3)24)19(31-12(4)25)21(28-5,32-16)13-7-8-15(22)14(9-13)20(26)27;1-26-18(17(25)16(24)15(23)11(7-21)27-18)8-2-3-10(20)9(6-8)14(22)12-4-5-13(19)28-12;5-4-2-1-3-6-4/h7-11,18,21-24,31H,6H2,1-5H3;7-11,18,22-24H,6H2,1-5H3;7-9,16-19H,6H2,1-5H3,(H,26,27);2-6,11,14-17,21-25H,7H2,1H3;1-3H/t18-,21?,22-,23+,24-,25?;18-,22-,23+,24-,25?;16-,17-,18+,19-,21?;11-,14?,15-,16+,17-,18?;/m1111./s1. The summed E-state index contributed by atoms with van der Waals surface area (Å²) in [6.07, 6.45) is -21.1. The molecule has 140 heavy (non-hydrogen) atoms. The van der Waals surface area contributed by atoms with Crippen molar-refractivity contribution >= 4 is 221 Å². The number of ketones is 1. The number of thiophene rings is 4. The molecule has 8 aromatic rings. The van der Waals surface area contributed by atoms with Crippen LogP contribution in [0, 0.1) is 0 Å². The number of carboxylic acids is 1. The van der Waals surface area contributed by atoms with Crippen LogP contribution >= 0.6 is 155 Å². The Bertz CT molecular complexity index is 5670. The Kier molecular flexibility index (Phi) is 44.2. The minimum absolute atomic E-state index is 0.0336. The van der Waals surface area contributed by atoms with Crippen LogP contribution in [0.15, 0.2) is 142 Å². The van der Waals surface area contributed by atoms with Gasteiger partial charge in [-0.05, 0) is 179 Å². The summed E-state index contributed by atoms with van der Waals surface area (Å²) in [5.41, 5.74) is 1.65. The maximum Gasteiger partial charge on any atom is 0.337 e. The van der Waals surface area contributed by atoms with Gasteiger partial charge < -0.3 is 116 Å². The molecule has 4 aromatic heterocycles. The molecule has 4 saturated heterocycles. The van der Waals surface area contributed by atoms with E-state index < -0.39 is 199 Å². The van der Waals surface area contributed by atoms with Gasteiger partial charge in [-0.15, -0.1) is 45.3 Å². The van der Waals surface area contributed by atoms with E-state index in [0.717, 1.165) is 25.2 Å². The minimum Gasteiger partial charge on any atom is -0.478 e. The fourth-order valence-corrected chi connectivity index (χ4v) is 21.8. The monoisotopic (exact) mass is 2360 g/mol. The molecule has 4 aromatic carbocycles. The van der Waals surface area contributed by atoms with E-state index in [2.05, 4.69) is 63.7 Å². The van der Waals surface area contributed by atoms with Crippen molar-refractivity contribution in [3.05, 3.63) is 221 Å². The second-order valence-electron chi connectivity index (χ2n) is 31.1. The zero-order valence-electron chi connectivity index (χ0n) is 77.6. The number of hydrogen-bond acceptors (Lipinski definition) is 38. The van der Waals surface area contributed by atoms with Crippen molar-refractivity contribution in [1.29, 1.82) is 0 Å². The number of aliphatic hydroxyl groups is 6. The summed E-state index contributed by atoms with van der Waals surface area (Å²) >= 11 is 44.2. The van der Waals surface area contributed by atoms with Gasteiger partial charge in [0.1, 0.15) is 54.9 Å². The van der Waals surface area contributed by atoms with E-state index in [0.29, 0.717) is 44.2 Å². The molecule has 0 aliphatic carbocycles. The molecule has 0 spiro atoms.